The number of nitro benzene ring substituents is 1. The largest absolute Gasteiger partial charge is 0.287 e. The summed E-state index contributed by atoms with van der Waals surface area (Å²) in [5.41, 5.74) is 0.716. The smallest absolute Gasteiger partial charge is 0.277 e. The number of hydrogen-bond acceptors (Lipinski definition) is 3. The van der Waals surface area contributed by atoms with Gasteiger partial charge in [0.05, 0.1) is 15.7 Å². The summed E-state index contributed by atoms with van der Waals surface area (Å²) in [4.78, 5) is 22.8. The van der Waals surface area contributed by atoms with Crippen molar-refractivity contribution in [3.05, 3.63) is 82.7 Å². The molecule has 5 heteroatoms. The molecule has 0 saturated heterocycles. The Morgan fingerprint density at radius 1 is 1.05 bits per heavy atom. The SMILES string of the molecule is O=C(C[n+]1ccc2c([N+](=O)[O-])cccc2c1)c1ccccc1. The van der Waals surface area contributed by atoms with Gasteiger partial charge in [-0.1, -0.05) is 36.4 Å². The lowest BCUT2D eigenvalue weighted by Gasteiger charge is -2.01. The molecule has 0 spiro atoms. The predicted molar refractivity (Wildman–Crippen MR) is 81.6 cm³/mol. The molecule has 3 rings (SSSR count). The van der Waals surface area contributed by atoms with E-state index < -0.39 is 4.92 Å². The molecule has 1 aromatic heterocycles. The molecule has 5 nitrogen and oxygen atoms in total. The van der Waals surface area contributed by atoms with Crippen molar-refractivity contribution in [1.82, 2.24) is 0 Å². The Balaban J connectivity index is 1.93. The van der Waals surface area contributed by atoms with Crippen LogP contribution in [0.3, 0.4) is 0 Å². The topological polar surface area (TPSA) is 64.1 Å². The van der Waals surface area contributed by atoms with Crippen molar-refractivity contribution >= 4 is 22.2 Å². The van der Waals surface area contributed by atoms with Gasteiger partial charge in [-0.2, -0.15) is 4.57 Å². The Morgan fingerprint density at radius 3 is 2.55 bits per heavy atom. The Hall–Kier alpha value is -3.08. The van der Waals surface area contributed by atoms with E-state index in [1.54, 1.807) is 47.3 Å². The molecule has 1 heterocycles. The lowest BCUT2D eigenvalue weighted by atomic mass is 10.1. The summed E-state index contributed by atoms with van der Waals surface area (Å²) < 4.78 is 1.74. The molecule has 108 valence electrons. The zero-order chi connectivity index (χ0) is 15.5. The highest BCUT2D eigenvalue weighted by molar-refractivity contribution is 5.95. The summed E-state index contributed by atoms with van der Waals surface area (Å²) in [6, 6.07) is 15.6. The molecule has 0 unspecified atom stereocenters. The van der Waals surface area contributed by atoms with Gasteiger partial charge in [-0.3, -0.25) is 14.9 Å². The molecule has 0 fully saturated rings. The summed E-state index contributed by atoms with van der Waals surface area (Å²) in [5, 5.41) is 12.3. The Kier molecular flexibility index (Phi) is 3.62. The number of fused-ring (bicyclic) bond motifs is 1. The number of non-ortho nitro benzene ring substituents is 1. The zero-order valence-corrected chi connectivity index (χ0v) is 11.7. The van der Waals surface area contributed by atoms with Gasteiger partial charge in [-0.05, 0) is 6.07 Å². The van der Waals surface area contributed by atoms with E-state index in [9.17, 15) is 14.9 Å². The van der Waals surface area contributed by atoms with E-state index in [0.717, 1.165) is 5.39 Å². The lowest BCUT2D eigenvalue weighted by molar-refractivity contribution is -0.681. The molecular formula is C17H13N2O3+. The van der Waals surface area contributed by atoms with Crippen molar-refractivity contribution in [2.75, 3.05) is 0 Å². The van der Waals surface area contributed by atoms with Crippen molar-refractivity contribution in [2.45, 2.75) is 6.54 Å². The van der Waals surface area contributed by atoms with E-state index in [1.807, 2.05) is 18.2 Å². The van der Waals surface area contributed by atoms with E-state index in [1.165, 1.54) is 6.07 Å². The number of ketones is 1. The predicted octanol–water partition coefficient (Wildman–Crippen LogP) is 2.92. The van der Waals surface area contributed by atoms with Crippen molar-refractivity contribution in [1.29, 1.82) is 0 Å². The quantitative estimate of drug-likeness (QED) is 0.321. The lowest BCUT2D eigenvalue weighted by Crippen LogP contribution is -2.37. The Bertz CT molecular complexity index is 860. The maximum atomic E-state index is 12.2. The van der Waals surface area contributed by atoms with E-state index in [2.05, 4.69) is 0 Å². The number of benzene rings is 2. The maximum Gasteiger partial charge on any atom is 0.277 e. The standard InChI is InChI=1S/C17H13N2O3/c20-17(13-5-2-1-3-6-13)12-18-10-9-15-14(11-18)7-4-8-16(15)19(21)22/h1-11H,12H2/q+1. The molecule has 3 aromatic rings. The first-order chi connectivity index (χ1) is 10.6. The molecule has 0 amide bonds. The minimum absolute atomic E-state index is 0.00428. The van der Waals surface area contributed by atoms with Gasteiger partial charge in [0, 0.05) is 17.7 Å². The maximum absolute atomic E-state index is 12.2. The number of rotatable bonds is 4. The third-order valence-corrected chi connectivity index (χ3v) is 3.47. The van der Waals surface area contributed by atoms with Crippen LogP contribution in [-0.2, 0) is 6.54 Å². The summed E-state index contributed by atoms with van der Waals surface area (Å²) >= 11 is 0. The van der Waals surface area contributed by atoms with Gasteiger partial charge in [0.25, 0.3) is 5.69 Å². The summed E-state index contributed by atoms with van der Waals surface area (Å²) in [6.07, 6.45) is 3.44. The van der Waals surface area contributed by atoms with Crippen LogP contribution in [-0.4, -0.2) is 10.7 Å². The van der Waals surface area contributed by atoms with Crippen LogP contribution in [0.25, 0.3) is 10.8 Å². The summed E-state index contributed by atoms with van der Waals surface area (Å²) in [5.74, 6) is -0.00428. The minimum atomic E-state index is -0.401. The molecule has 0 radical (unpaired) electrons. The number of nitrogens with zero attached hydrogens (tertiary/aromatic N) is 2. The summed E-state index contributed by atoms with van der Waals surface area (Å²) in [6.45, 7) is 0.197. The normalized spacial score (nSPS) is 10.5. The zero-order valence-electron chi connectivity index (χ0n) is 11.7. The molecule has 0 bridgehead atoms. The van der Waals surface area contributed by atoms with Gasteiger partial charge in [-0.25, -0.2) is 0 Å². The molecule has 2 aromatic carbocycles. The van der Waals surface area contributed by atoms with Crippen LogP contribution >= 0.6 is 0 Å². The second kappa shape index (κ2) is 5.73. The van der Waals surface area contributed by atoms with Crippen molar-refractivity contribution in [2.24, 2.45) is 0 Å². The van der Waals surface area contributed by atoms with Gasteiger partial charge < -0.3 is 0 Å². The number of carbonyl (C=O) groups is 1. The van der Waals surface area contributed by atoms with Crippen LogP contribution in [0.5, 0.6) is 0 Å². The third-order valence-electron chi connectivity index (χ3n) is 3.47. The van der Waals surface area contributed by atoms with Gasteiger partial charge in [-0.15, -0.1) is 0 Å². The summed E-state index contributed by atoms with van der Waals surface area (Å²) in [7, 11) is 0. The number of nitro groups is 1. The van der Waals surface area contributed by atoms with Crippen LogP contribution in [0.4, 0.5) is 5.69 Å². The number of pyridine rings is 1. The highest BCUT2D eigenvalue weighted by Crippen LogP contribution is 2.23. The van der Waals surface area contributed by atoms with Crippen LogP contribution < -0.4 is 4.57 Å². The fourth-order valence-corrected chi connectivity index (χ4v) is 2.40. The Labute approximate surface area is 126 Å². The first-order valence-corrected chi connectivity index (χ1v) is 6.79. The second-order valence-electron chi connectivity index (χ2n) is 4.94. The van der Waals surface area contributed by atoms with Crippen LogP contribution in [0, 0.1) is 10.1 Å². The highest BCUT2D eigenvalue weighted by atomic mass is 16.6. The van der Waals surface area contributed by atoms with Gasteiger partial charge in [0.15, 0.2) is 12.4 Å². The van der Waals surface area contributed by atoms with Gasteiger partial charge in [0.2, 0.25) is 12.3 Å². The molecule has 0 atom stereocenters. The van der Waals surface area contributed by atoms with Crippen molar-refractivity contribution in [3.63, 3.8) is 0 Å². The van der Waals surface area contributed by atoms with Gasteiger partial charge >= 0.3 is 0 Å². The number of carbonyl (C=O) groups excluding carboxylic acids is 1. The highest BCUT2D eigenvalue weighted by Gasteiger charge is 2.16. The molecule has 0 N–H and O–H groups in total. The molecule has 0 aliphatic rings. The van der Waals surface area contributed by atoms with E-state index in [-0.39, 0.29) is 18.0 Å². The Morgan fingerprint density at radius 2 is 1.82 bits per heavy atom. The van der Waals surface area contributed by atoms with Crippen LogP contribution in [0.1, 0.15) is 10.4 Å². The molecular weight excluding hydrogens is 280 g/mol. The molecule has 0 aliphatic heterocycles. The molecule has 0 saturated carbocycles. The van der Waals surface area contributed by atoms with Gasteiger partial charge in [0.1, 0.15) is 0 Å². The first kappa shape index (κ1) is 13.9. The van der Waals surface area contributed by atoms with E-state index in [0.29, 0.717) is 10.9 Å². The average Bonchev–Trinajstić information content (AvgIpc) is 2.54. The number of hydrogen-bond donors (Lipinski definition) is 0. The number of aromatic nitrogens is 1. The fourth-order valence-electron chi connectivity index (χ4n) is 2.40. The van der Waals surface area contributed by atoms with Crippen LogP contribution in [0.2, 0.25) is 0 Å². The molecule has 22 heavy (non-hydrogen) atoms. The first-order valence-electron chi connectivity index (χ1n) is 6.79. The van der Waals surface area contributed by atoms with E-state index >= 15 is 0 Å². The average molecular weight is 293 g/mol. The van der Waals surface area contributed by atoms with Crippen molar-refractivity contribution < 1.29 is 14.3 Å². The fraction of sp³-hybridized carbons (Fsp3) is 0.0588. The third kappa shape index (κ3) is 2.69. The minimum Gasteiger partial charge on any atom is -0.287 e. The van der Waals surface area contributed by atoms with Crippen molar-refractivity contribution in [3.8, 4) is 0 Å². The van der Waals surface area contributed by atoms with Crippen LogP contribution in [0.15, 0.2) is 67.0 Å². The van der Waals surface area contributed by atoms with E-state index in [4.69, 9.17) is 0 Å². The second-order valence-corrected chi connectivity index (χ2v) is 4.94. The number of Topliss-reactive ketones (excluding diaryl/α,β-unsaturated/α-hetero) is 1. The molecule has 0 aliphatic carbocycles. The monoisotopic (exact) mass is 293 g/mol.